The van der Waals surface area contributed by atoms with E-state index < -0.39 is 5.54 Å². The first-order valence-corrected chi connectivity index (χ1v) is 8.70. The Morgan fingerprint density at radius 2 is 2.05 bits per heavy atom. The van der Waals surface area contributed by atoms with E-state index in [9.17, 15) is 9.59 Å². The maximum atomic E-state index is 12.9. The number of hydrogen-bond donors (Lipinski definition) is 1. The number of carbonyl (C=O) groups is 2. The molecular weight excluding hydrogens is 284 g/mol. The predicted molar refractivity (Wildman–Crippen MR) is 82.8 cm³/mol. The molecule has 0 bridgehead atoms. The Labute approximate surface area is 129 Å². The second kappa shape index (κ2) is 5.44. The third kappa shape index (κ3) is 2.37. The molecule has 1 aromatic rings. The van der Waals surface area contributed by atoms with Crippen LogP contribution in [0.25, 0.3) is 0 Å². The van der Waals surface area contributed by atoms with Gasteiger partial charge in [-0.2, -0.15) is 11.3 Å². The van der Waals surface area contributed by atoms with E-state index in [-0.39, 0.29) is 17.9 Å². The normalized spacial score (nSPS) is 25.0. The van der Waals surface area contributed by atoms with Crippen LogP contribution in [0.15, 0.2) is 16.8 Å². The molecule has 21 heavy (non-hydrogen) atoms. The molecule has 1 N–H and O–H groups in total. The summed E-state index contributed by atoms with van der Waals surface area (Å²) in [5.41, 5.74) is 0.425. The third-order valence-corrected chi connectivity index (χ3v) is 5.67. The average molecular weight is 306 g/mol. The van der Waals surface area contributed by atoms with Crippen molar-refractivity contribution >= 4 is 23.2 Å². The lowest BCUT2D eigenvalue weighted by Crippen LogP contribution is -2.70. The summed E-state index contributed by atoms with van der Waals surface area (Å²) < 4.78 is 0. The third-order valence-electron chi connectivity index (χ3n) is 4.94. The molecule has 1 unspecified atom stereocenters. The minimum Gasteiger partial charge on any atom is -0.342 e. The van der Waals surface area contributed by atoms with Gasteiger partial charge in [0.05, 0.1) is 0 Å². The minimum absolute atomic E-state index is 0.0271. The second-order valence-corrected chi connectivity index (χ2v) is 6.86. The molecule has 5 heteroatoms. The van der Waals surface area contributed by atoms with E-state index >= 15 is 0 Å². The highest BCUT2D eigenvalue weighted by atomic mass is 32.1. The number of thiophene rings is 1. The molecule has 0 aromatic carbocycles. The number of carbonyl (C=O) groups excluding carboxylic acids is 2. The van der Waals surface area contributed by atoms with Gasteiger partial charge in [0.25, 0.3) is 0 Å². The first-order chi connectivity index (χ1) is 10.1. The van der Waals surface area contributed by atoms with Gasteiger partial charge >= 0.3 is 0 Å². The quantitative estimate of drug-likeness (QED) is 0.909. The summed E-state index contributed by atoms with van der Waals surface area (Å²) in [6.45, 7) is 4.53. The molecule has 1 saturated carbocycles. The molecule has 1 aliphatic heterocycles. The maximum Gasteiger partial charge on any atom is 0.246 e. The highest BCUT2D eigenvalue weighted by Crippen LogP contribution is 2.39. The van der Waals surface area contributed by atoms with E-state index in [4.69, 9.17) is 0 Å². The molecule has 4 nitrogen and oxygen atoms in total. The van der Waals surface area contributed by atoms with E-state index in [1.807, 2.05) is 30.2 Å². The molecule has 2 fully saturated rings. The lowest BCUT2D eigenvalue weighted by Gasteiger charge is -2.47. The number of nitrogens with zero attached hydrogens (tertiary/aromatic N) is 1. The van der Waals surface area contributed by atoms with Crippen LogP contribution in [0.2, 0.25) is 0 Å². The van der Waals surface area contributed by atoms with Gasteiger partial charge in [-0.05, 0) is 54.0 Å². The molecule has 0 spiro atoms. The summed E-state index contributed by atoms with van der Waals surface area (Å²) in [6, 6.07) is 1.73. The van der Waals surface area contributed by atoms with Gasteiger partial charge < -0.3 is 10.2 Å². The fourth-order valence-electron chi connectivity index (χ4n) is 3.34. The molecule has 1 saturated heterocycles. The van der Waals surface area contributed by atoms with E-state index in [1.165, 1.54) is 0 Å². The zero-order chi connectivity index (χ0) is 15.0. The number of hydrogen-bond acceptors (Lipinski definition) is 3. The fraction of sp³-hybridized carbons (Fsp3) is 0.625. The standard InChI is InChI=1S/C16H22N2O2S/c1-3-16(4-2)15(20)17-13(12-5-6-12)14(19)18(16)9-11-7-8-21-10-11/h7-8,10,12-13H,3-6,9H2,1-2H3,(H,17,20). The topological polar surface area (TPSA) is 49.4 Å². The molecule has 1 atom stereocenters. The van der Waals surface area contributed by atoms with Crippen LogP contribution in [0.3, 0.4) is 0 Å². The van der Waals surface area contributed by atoms with Crippen LogP contribution in [-0.4, -0.2) is 28.3 Å². The van der Waals surface area contributed by atoms with Gasteiger partial charge in [-0.1, -0.05) is 13.8 Å². The smallest absolute Gasteiger partial charge is 0.246 e. The Morgan fingerprint density at radius 3 is 2.57 bits per heavy atom. The van der Waals surface area contributed by atoms with Gasteiger partial charge in [0.1, 0.15) is 11.6 Å². The van der Waals surface area contributed by atoms with Crippen LogP contribution in [0.5, 0.6) is 0 Å². The van der Waals surface area contributed by atoms with Crippen LogP contribution in [0, 0.1) is 5.92 Å². The van der Waals surface area contributed by atoms with Gasteiger partial charge in [-0.3, -0.25) is 9.59 Å². The lowest BCUT2D eigenvalue weighted by atomic mass is 9.85. The first kappa shape index (κ1) is 14.6. The van der Waals surface area contributed by atoms with Gasteiger partial charge in [-0.25, -0.2) is 0 Å². The van der Waals surface area contributed by atoms with Crippen molar-refractivity contribution in [1.82, 2.24) is 10.2 Å². The molecular formula is C16H22N2O2S. The van der Waals surface area contributed by atoms with Crippen LogP contribution >= 0.6 is 11.3 Å². The summed E-state index contributed by atoms with van der Waals surface area (Å²) in [6.07, 6.45) is 3.41. The van der Waals surface area contributed by atoms with Gasteiger partial charge in [-0.15, -0.1) is 0 Å². The number of piperazine rings is 1. The molecule has 2 aliphatic rings. The Bertz CT molecular complexity index is 532. The zero-order valence-electron chi connectivity index (χ0n) is 12.6. The van der Waals surface area contributed by atoms with Crippen molar-refractivity contribution in [3.8, 4) is 0 Å². The summed E-state index contributed by atoms with van der Waals surface area (Å²) in [4.78, 5) is 27.5. The number of nitrogens with one attached hydrogen (secondary N) is 1. The highest BCUT2D eigenvalue weighted by Gasteiger charge is 2.53. The molecule has 1 aromatic heterocycles. The number of amides is 2. The van der Waals surface area contributed by atoms with Crippen molar-refractivity contribution < 1.29 is 9.59 Å². The monoisotopic (exact) mass is 306 g/mol. The van der Waals surface area contributed by atoms with Gasteiger partial charge in [0.15, 0.2) is 0 Å². The molecule has 3 rings (SSSR count). The van der Waals surface area contributed by atoms with Crippen LogP contribution < -0.4 is 5.32 Å². The lowest BCUT2D eigenvalue weighted by molar-refractivity contribution is -0.160. The average Bonchev–Trinajstić information content (AvgIpc) is 3.20. The Balaban J connectivity index is 1.94. The molecule has 2 amide bonds. The van der Waals surface area contributed by atoms with E-state index in [2.05, 4.69) is 10.7 Å². The van der Waals surface area contributed by atoms with Gasteiger partial charge in [0.2, 0.25) is 11.8 Å². The molecule has 0 radical (unpaired) electrons. The molecule has 114 valence electrons. The molecule has 1 aliphatic carbocycles. The summed E-state index contributed by atoms with van der Waals surface area (Å²) >= 11 is 1.63. The van der Waals surface area contributed by atoms with E-state index in [1.54, 1.807) is 11.3 Å². The number of rotatable bonds is 5. The first-order valence-electron chi connectivity index (χ1n) is 7.76. The molecule has 2 heterocycles. The predicted octanol–water partition coefficient (Wildman–Crippen LogP) is 2.54. The Morgan fingerprint density at radius 1 is 1.33 bits per heavy atom. The van der Waals surface area contributed by atoms with Crippen molar-refractivity contribution in [1.29, 1.82) is 0 Å². The van der Waals surface area contributed by atoms with Crippen molar-refractivity contribution in [2.75, 3.05) is 0 Å². The summed E-state index contributed by atoms with van der Waals surface area (Å²) in [5.74, 6) is 0.476. The van der Waals surface area contributed by atoms with E-state index in [0.717, 1.165) is 18.4 Å². The van der Waals surface area contributed by atoms with Crippen molar-refractivity contribution in [3.05, 3.63) is 22.4 Å². The summed E-state index contributed by atoms with van der Waals surface area (Å²) in [5, 5.41) is 7.08. The Kier molecular flexibility index (Phi) is 3.78. The zero-order valence-corrected chi connectivity index (χ0v) is 13.4. The highest BCUT2D eigenvalue weighted by molar-refractivity contribution is 7.07. The van der Waals surface area contributed by atoms with Crippen molar-refractivity contribution in [2.45, 2.75) is 57.7 Å². The minimum atomic E-state index is -0.690. The second-order valence-electron chi connectivity index (χ2n) is 6.08. The largest absolute Gasteiger partial charge is 0.342 e. The maximum absolute atomic E-state index is 12.9. The summed E-state index contributed by atoms with van der Waals surface area (Å²) in [7, 11) is 0. The fourth-order valence-corrected chi connectivity index (χ4v) is 3.99. The SMILES string of the molecule is CCC1(CC)C(=O)NC(C2CC2)C(=O)N1Cc1ccsc1. The van der Waals surface area contributed by atoms with Crippen LogP contribution in [0.1, 0.15) is 45.1 Å². The van der Waals surface area contributed by atoms with Crippen molar-refractivity contribution in [2.24, 2.45) is 5.92 Å². The van der Waals surface area contributed by atoms with Crippen LogP contribution in [-0.2, 0) is 16.1 Å². The van der Waals surface area contributed by atoms with Gasteiger partial charge in [0, 0.05) is 6.54 Å². The van der Waals surface area contributed by atoms with Crippen LogP contribution in [0.4, 0.5) is 0 Å². The van der Waals surface area contributed by atoms with Crippen molar-refractivity contribution in [3.63, 3.8) is 0 Å². The Hall–Kier alpha value is -1.36. The van der Waals surface area contributed by atoms with E-state index in [0.29, 0.717) is 25.3 Å².